The Balaban J connectivity index is 1.21. The maximum Gasteiger partial charge on any atom is 0.416 e. The Bertz CT molecular complexity index is 1460. The number of carbonyl (C=O) groups is 2. The number of benzene rings is 2. The average Bonchev–Trinajstić information content (AvgIpc) is 3.56. The zero-order valence-electron chi connectivity index (χ0n) is 22.1. The molecule has 3 aliphatic heterocycles. The van der Waals surface area contributed by atoms with Gasteiger partial charge in [-0.15, -0.1) is 0 Å². The van der Waals surface area contributed by atoms with Crippen LogP contribution in [0.5, 0.6) is 0 Å². The fourth-order valence-electron chi connectivity index (χ4n) is 5.55. The molecule has 2 fully saturated rings. The molecule has 40 heavy (non-hydrogen) atoms. The molecule has 0 atom stereocenters. The molecule has 5 rings (SSSR count). The molecule has 3 heterocycles. The number of rotatable bonds is 6. The number of piperidine rings is 1. The molecule has 0 aliphatic carbocycles. The summed E-state index contributed by atoms with van der Waals surface area (Å²) in [6.07, 6.45) is -1.97. The lowest BCUT2D eigenvalue weighted by atomic mass is 9.89. The molecule has 1 N–H and O–H groups in total. The lowest BCUT2D eigenvalue weighted by molar-refractivity contribution is -0.137. The van der Waals surface area contributed by atoms with Crippen LogP contribution < -0.4 is 5.32 Å². The summed E-state index contributed by atoms with van der Waals surface area (Å²) in [6.45, 7) is 3.55. The van der Waals surface area contributed by atoms with Crippen LogP contribution in [0.3, 0.4) is 0 Å². The number of sulfonamides is 1. The Hall–Kier alpha value is -3.25. The van der Waals surface area contributed by atoms with Gasteiger partial charge in [-0.05, 0) is 74.4 Å². The zero-order chi connectivity index (χ0) is 28.7. The second-order valence-electron chi connectivity index (χ2n) is 10.6. The van der Waals surface area contributed by atoms with Crippen molar-refractivity contribution in [2.45, 2.75) is 50.7 Å². The minimum Gasteiger partial charge on any atom is -0.339 e. The van der Waals surface area contributed by atoms with Crippen LogP contribution in [0.15, 0.2) is 47.5 Å². The number of hydrogen-bond donors (Lipinski definition) is 1. The number of halogens is 3. The van der Waals surface area contributed by atoms with Gasteiger partial charge in [-0.3, -0.25) is 14.6 Å². The van der Waals surface area contributed by atoms with Gasteiger partial charge in [-0.25, -0.2) is 12.7 Å². The van der Waals surface area contributed by atoms with Gasteiger partial charge in [0.05, 0.1) is 11.3 Å². The summed E-state index contributed by atoms with van der Waals surface area (Å²) < 4.78 is 67.0. The van der Waals surface area contributed by atoms with Gasteiger partial charge in [0, 0.05) is 37.3 Å². The van der Waals surface area contributed by atoms with E-state index in [-0.39, 0.29) is 55.4 Å². The predicted octanol–water partition coefficient (Wildman–Crippen LogP) is 3.53. The third-order valence-corrected chi connectivity index (χ3v) is 9.87. The molecule has 0 aromatic heterocycles. The van der Waals surface area contributed by atoms with Crippen molar-refractivity contribution in [1.82, 2.24) is 14.5 Å². The first-order valence-electron chi connectivity index (χ1n) is 13.3. The van der Waals surface area contributed by atoms with Gasteiger partial charge >= 0.3 is 6.18 Å². The summed E-state index contributed by atoms with van der Waals surface area (Å²) >= 11 is 0. The van der Waals surface area contributed by atoms with E-state index in [0.29, 0.717) is 5.56 Å². The van der Waals surface area contributed by atoms with Crippen molar-refractivity contribution >= 4 is 27.7 Å². The second-order valence-corrected chi connectivity index (χ2v) is 12.7. The Kier molecular flexibility index (Phi) is 7.51. The highest BCUT2D eigenvalue weighted by Gasteiger charge is 2.47. The van der Waals surface area contributed by atoms with Crippen LogP contribution in [-0.4, -0.2) is 72.7 Å². The molecular weight excluding hydrogens is 545 g/mol. The average molecular weight is 577 g/mol. The number of amidine groups is 1. The topological polar surface area (TPSA) is 99.2 Å². The fourth-order valence-corrected chi connectivity index (χ4v) is 7.02. The van der Waals surface area contributed by atoms with Gasteiger partial charge < -0.3 is 10.2 Å². The summed E-state index contributed by atoms with van der Waals surface area (Å²) in [7, 11) is -3.64. The van der Waals surface area contributed by atoms with E-state index in [1.54, 1.807) is 6.07 Å². The van der Waals surface area contributed by atoms with Gasteiger partial charge in [-0.2, -0.15) is 13.2 Å². The van der Waals surface area contributed by atoms with Gasteiger partial charge in [0.2, 0.25) is 10.0 Å². The Labute approximate surface area is 231 Å². The number of aryl methyl sites for hydroxylation is 2. The zero-order valence-corrected chi connectivity index (χ0v) is 22.9. The normalized spacial score (nSPS) is 19.6. The number of alkyl halides is 3. The molecule has 2 amide bonds. The predicted molar refractivity (Wildman–Crippen MR) is 143 cm³/mol. The monoisotopic (exact) mass is 576 g/mol. The number of nitrogens with zero attached hydrogens (tertiary/aromatic N) is 3. The molecular formula is C28H31F3N4O4S. The van der Waals surface area contributed by atoms with Crippen LogP contribution in [0.1, 0.15) is 58.3 Å². The van der Waals surface area contributed by atoms with E-state index in [1.165, 1.54) is 16.4 Å². The Morgan fingerprint density at radius 3 is 2.40 bits per heavy atom. The number of aliphatic imine (C=N–C) groups is 1. The van der Waals surface area contributed by atoms with Crippen molar-refractivity contribution < 1.29 is 31.2 Å². The van der Waals surface area contributed by atoms with E-state index >= 15 is 0 Å². The molecule has 0 radical (unpaired) electrons. The van der Waals surface area contributed by atoms with Crippen molar-refractivity contribution in [2.75, 3.05) is 31.9 Å². The molecule has 0 saturated carbocycles. The molecule has 8 nitrogen and oxygen atoms in total. The smallest absolute Gasteiger partial charge is 0.339 e. The van der Waals surface area contributed by atoms with Crippen LogP contribution in [0, 0.1) is 6.92 Å². The van der Waals surface area contributed by atoms with Gasteiger partial charge in [-0.1, -0.05) is 18.2 Å². The molecule has 2 aromatic rings. The highest BCUT2D eigenvalue weighted by molar-refractivity contribution is 7.89. The van der Waals surface area contributed by atoms with Crippen LogP contribution in [-0.2, 0) is 27.4 Å². The maximum atomic E-state index is 13.1. The maximum absolute atomic E-state index is 13.1. The first-order chi connectivity index (χ1) is 18.9. The minimum atomic E-state index is -4.53. The van der Waals surface area contributed by atoms with E-state index in [4.69, 9.17) is 0 Å². The first kappa shape index (κ1) is 28.3. The number of hydrogen-bond acceptors (Lipinski definition) is 5. The summed E-state index contributed by atoms with van der Waals surface area (Å²) in [6, 6.07) is 9.97. The van der Waals surface area contributed by atoms with E-state index in [0.717, 1.165) is 49.2 Å². The molecule has 0 bridgehead atoms. The van der Waals surface area contributed by atoms with E-state index < -0.39 is 33.2 Å². The first-order valence-corrected chi connectivity index (χ1v) is 14.9. The third kappa shape index (κ3) is 5.64. The van der Waals surface area contributed by atoms with Crippen LogP contribution in [0.2, 0.25) is 0 Å². The quantitative estimate of drug-likeness (QED) is 0.569. The largest absolute Gasteiger partial charge is 0.416 e. The van der Waals surface area contributed by atoms with Crippen LogP contribution >= 0.6 is 0 Å². The van der Waals surface area contributed by atoms with E-state index in [2.05, 4.69) is 10.3 Å². The molecule has 1 spiro atoms. The Morgan fingerprint density at radius 2 is 1.75 bits per heavy atom. The number of carbonyl (C=O) groups excluding carboxylic acids is 2. The van der Waals surface area contributed by atoms with E-state index in [9.17, 15) is 31.2 Å². The highest BCUT2D eigenvalue weighted by Crippen LogP contribution is 2.34. The van der Waals surface area contributed by atoms with Gasteiger partial charge in [0.25, 0.3) is 11.8 Å². The highest BCUT2D eigenvalue weighted by atomic mass is 32.2. The summed E-state index contributed by atoms with van der Waals surface area (Å²) in [5.41, 5.74) is 0.416. The lowest BCUT2D eigenvalue weighted by Crippen LogP contribution is -2.50. The summed E-state index contributed by atoms with van der Waals surface area (Å²) in [5, 5.41) is 2.59. The van der Waals surface area contributed by atoms with Crippen LogP contribution in [0.4, 0.5) is 13.2 Å². The van der Waals surface area contributed by atoms with Crippen molar-refractivity contribution in [1.29, 1.82) is 0 Å². The number of amides is 2. The van der Waals surface area contributed by atoms with Gasteiger partial charge in [0.1, 0.15) is 11.4 Å². The van der Waals surface area contributed by atoms with Gasteiger partial charge in [0.15, 0.2) is 0 Å². The summed E-state index contributed by atoms with van der Waals surface area (Å²) in [5.74, 6) is -0.492. The fraction of sp³-hybridized carbons (Fsp3) is 0.464. The van der Waals surface area contributed by atoms with Crippen molar-refractivity contribution in [3.05, 3.63) is 70.3 Å². The third-order valence-electron chi connectivity index (χ3n) is 8.00. The molecule has 0 unspecified atom stereocenters. The Morgan fingerprint density at radius 1 is 1.05 bits per heavy atom. The van der Waals surface area contributed by atoms with Crippen molar-refractivity contribution in [3.8, 4) is 0 Å². The second kappa shape index (κ2) is 10.6. The number of likely N-dealkylation sites (tertiary alicyclic amines) is 1. The SMILES string of the molecule is Cc1cc(C(=O)N2CCCC2)ccc1CCS(=O)(=O)N1CCC2(CC1)N=C(c1cccc(C(F)(F)F)c1)NC2=O. The standard InChI is InChI=1S/C28H31F3N4O4S/c1-19-17-22(25(36)34-12-2-3-13-34)8-7-20(19)9-16-40(38,39)35-14-10-27(11-15-35)26(37)32-24(33-27)21-5-4-6-23(18-21)28(29,30)31/h4-8,17-18H,2-3,9-16H2,1H3,(H,32,33,37). The van der Waals surface area contributed by atoms with Crippen molar-refractivity contribution in [3.63, 3.8) is 0 Å². The minimum absolute atomic E-state index is 0.00293. The summed E-state index contributed by atoms with van der Waals surface area (Å²) in [4.78, 5) is 31.8. The van der Waals surface area contributed by atoms with Crippen molar-refractivity contribution in [2.24, 2.45) is 4.99 Å². The number of nitrogens with one attached hydrogen (secondary N) is 1. The lowest BCUT2D eigenvalue weighted by Gasteiger charge is -2.34. The van der Waals surface area contributed by atoms with Crippen LogP contribution in [0.25, 0.3) is 0 Å². The van der Waals surface area contributed by atoms with E-state index in [1.807, 2.05) is 24.0 Å². The molecule has 214 valence electrons. The molecule has 12 heteroatoms. The molecule has 2 saturated heterocycles. The molecule has 3 aliphatic rings. The molecule has 2 aromatic carbocycles.